The van der Waals surface area contributed by atoms with Crippen molar-refractivity contribution in [1.29, 1.82) is 0 Å². The molecule has 0 saturated heterocycles. The van der Waals surface area contributed by atoms with Gasteiger partial charge in [0.1, 0.15) is 0 Å². The summed E-state index contributed by atoms with van der Waals surface area (Å²) >= 11 is 8.78. The van der Waals surface area contributed by atoms with E-state index in [0.717, 1.165) is 9.90 Å². The number of nitrogens with zero attached hydrogens (tertiary/aromatic N) is 1. The molecule has 0 atom stereocenters. The molecule has 3 N–H and O–H groups in total. The van der Waals surface area contributed by atoms with Crippen molar-refractivity contribution in [1.82, 2.24) is 4.98 Å². The first kappa shape index (κ1) is 14.2. The summed E-state index contributed by atoms with van der Waals surface area (Å²) in [7, 11) is 0. The zero-order chi connectivity index (χ0) is 13.8. The second-order valence-electron chi connectivity index (χ2n) is 3.74. The van der Waals surface area contributed by atoms with Gasteiger partial charge in [-0.05, 0) is 19.1 Å². The van der Waals surface area contributed by atoms with Gasteiger partial charge in [0.15, 0.2) is 5.13 Å². The molecule has 1 heterocycles. The maximum atomic E-state index is 11.8. The molecular weight excluding hydrogens is 302 g/mol. The minimum Gasteiger partial charge on any atom is -0.375 e. The fourth-order valence-corrected chi connectivity index (χ4v) is 3.42. The summed E-state index contributed by atoms with van der Waals surface area (Å²) in [5.74, 6) is 0.192. The molecule has 1 aromatic heterocycles. The highest BCUT2D eigenvalue weighted by molar-refractivity contribution is 8.01. The van der Waals surface area contributed by atoms with E-state index in [9.17, 15) is 4.79 Å². The average Bonchev–Trinajstić information content (AvgIpc) is 2.68. The number of thioether (sulfide) groups is 1. The van der Waals surface area contributed by atoms with Gasteiger partial charge >= 0.3 is 0 Å². The van der Waals surface area contributed by atoms with E-state index in [1.54, 1.807) is 12.1 Å². The van der Waals surface area contributed by atoms with Gasteiger partial charge < -0.3 is 11.1 Å². The molecule has 1 aromatic carbocycles. The minimum atomic E-state index is -0.107. The number of hydrogen-bond acceptors (Lipinski definition) is 5. The number of thiazole rings is 1. The van der Waals surface area contributed by atoms with E-state index >= 15 is 0 Å². The number of aryl methyl sites for hydroxylation is 1. The number of nitrogen functional groups attached to an aromatic ring is 1. The monoisotopic (exact) mass is 313 g/mol. The van der Waals surface area contributed by atoms with Gasteiger partial charge in [-0.3, -0.25) is 4.79 Å². The summed E-state index contributed by atoms with van der Waals surface area (Å²) < 4.78 is 0.965. The Kier molecular flexibility index (Phi) is 4.68. The molecule has 0 aliphatic rings. The number of aromatic nitrogens is 1. The van der Waals surface area contributed by atoms with E-state index in [0.29, 0.717) is 21.6 Å². The summed E-state index contributed by atoms with van der Waals surface area (Å²) in [5, 5.41) is 3.81. The van der Waals surface area contributed by atoms with E-state index in [2.05, 4.69) is 10.3 Å². The zero-order valence-electron chi connectivity index (χ0n) is 10.1. The molecule has 2 aromatic rings. The molecular formula is C12H12ClN3OS2. The Morgan fingerprint density at radius 1 is 1.53 bits per heavy atom. The van der Waals surface area contributed by atoms with Gasteiger partial charge in [-0.25, -0.2) is 4.98 Å². The van der Waals surface area contributed by atoms with Crippen LogP contribution in [0.5, 0.6) is 0 Å². The third-order valence-electron chi connectivity index (χ3n) is 2.25. The van der Waals surface area contributed by atoms with Crippen LogP contribution in [0, 0.1) is 6.92 Å². The highest BCUT2D eigenvalue weighted by atomic mass is 35.5. The first-order chi connectivity index (χ1) is 9.06. The molecule has 0 aliphatic carbocycles. The van der Waals surface area contributed by atoms with E-state index in [1.165, 1.54) is 23.1 Å². The molecule has 7 heteroatoms. The van der Waals surface area contributed by atoms with Crippen molar-refractivity contribution in [3.63, 3.8) is 0 Å². The number of amides is 1. The lowest BCUT2D eigenvalue weighted by Gasteiger charge is -2.06. The summed E-state index contributed by atoms with van der Waals surface area (Å²) in [6.45, 7) is 1.88. The lowest BCUT2D eigenvalue weighted by molar-refractivity contribution is -0.113. The molecule has 1 amide bonds. The number of carbonyl (C=O) groups excluding carboxylic acids is 1. The van der Waals surface area contributed by atoms with Gasteiger partial charge in [0.2, 0.25) is 5.91 Å². The van der Waals surface area contributed by atoms with Gasteiger partial charge in [-0.15, -0.1) is 11.8 Å². The first-order valence-electron chi connectivity index (χ1n) is 5.46. The number of para-hydroxylation sites is 1. The largest absolute Gasteiger partial charge is 0.375 e. The predicted octanol–water partition coefficient (Wildman–Crippen LogP) is 3.42. The first-order valence-corrected chi connectivity index (χ1v) is 7.64. The van der Waals surface area contributed by atoms with Crippen LogP contribution in [0.1, 0.15) is 5.69 Å². The second-order valence-corrected chi connectivity index (χ2v) is 6.42. The second kappa shape index (κ2) is 6.27. The lowest BCUT2D eigenvalue weighted by atomic mass is 10.3. The van der Waals surface area contributed by atoms with Crippen LogP contribution in [-0.2, 0) is 4.79 Å². The predicted molar refractivity (Wildman–Crippen MR) is 82.1 cm³/mol. The van der Waals surface area contributed by atoms with E-state index in [4.69, 9.17) is 17.3 Å². The van der Waals surface area contributed by atoms with Gasteiger partial charge in [-0.1, -0.05) is 35.1 Å². The van der Waals surface area contributed by atoms with Gasteiger partial charge in [0, 0.05) is 0 Å². The van der Waals surface area contributed by atoms with Crippen molar-refractivity contribution >= 4 is 51.4 Å². The highest BCUT2D eigenvalue weighted by Gasteiger charge is 2.10. The summed E-state index contributed by atoms with van der Waals surface area (Å²) in [6.07, 6.45) is 0. The van der Waals surface area contributed by atoms with Crippen molar-refractivity contribution in [2.45, 2.75) is 11.1 Å². The Balaban J connectivity index is 1.92. The van der Waals surface area contributed by atoms with Crippen LogP contribution >= 0.6 is 34.7 Å². The van der Waals surface area contributed by atoms with Crippen molar-refractivity contribution in [3.05, 3.63) is 35.0 Å². The van der Waals surface area contributed by atoms with Crippen LogP contribution in [-0.4, -0.2) is 16.6 Å². The third kappa shape index (κ3) is 3.86. The normalized spacial score (nSPS) is 10.4. The number of rotatable bonds is 4. The Bertz CT molecular complexity index is 600. The zero-order valence-corrected chi connectivity index (χ0v) is 12.5. The van der Waals surface area contributed by atoms with E-state index in [-0.39, 0.29) is 5.91 Å². The Morgan fingerprint density at radius 3 is 2.89 bits per heavy atom. The molecule has 2 rings (SSSR count). The molecule has 100 valence electrons. The molecule has 19 heavy (non-hydrogen) atoms. The van der Waals surface area contributed by atoms with Crippen LogP contribution in [0.25, 0.3) is 0 Å². The molecule has 0 radical (unpaired) electrons. The quantitative estimate of drug-likeness (QED) is 0.849. The summed E-state index contributed by atoms with van der Waals surface area (Å²) in [5.41, 5.74) is 7.09. The lowest BCUT2D eigenvalue weighted by Crippen LogP contribution is -2.14. The minimum absolute atomic E-state index is 0.107. The molecule has 0 aliphatic heterocycles. The van der Waals surface area contributed by atoms with Gasteiger partial charge in [0.25, 0.3) is 0 Å². The fraction of sp³-hybridized carbons (Fsp3) is 0.167. The maximum Gasteiger partial charge on any atom is 0.234 e. The van der Waals surface area contributed by atoms with Gasteiger partial charge in [-0.2, -0.15) is 0 Å². The molecule has 4 nitrogen and oxygen atoms in total. The van der Waals surface area contributed by atoms with Crippen LogP contribution in [0.4, 0.5) is 10.8 Å². The fourth-order valence-electron chi connectivity index (χ4n) is 1.42. The van der Waals surface area contributed by atoms with Gasteiger partial charge in [0.05, 0.1) is 26.4 Å². The molecule has 0 spiro atoms. The molecule has 0 fully saturated rings. The standard InChI is InChI=1S/C12H12ClN3OS2/c1-7-11(19-12(14)15-7)18-6-10(17)16-9-5-3-2-4-8(9)13/h2-5H,6H2,1H3,(H2,14,15)(H,16,17). The van der Waals surface area contributed by atoms with Crippen molar-refractivity contribution in [2.24, 2.45) is 0 Å². The number of halogens is 1. The number of carbonyl (C=O) groups is 1. The van der Waals surface area contributed by atoms with Crippen LogP contribution in [0.2, 0.25) is 5.02 Å². The molecule has 0 bridgehead atoms. The van der Waals surface area contributed by atoms with Crippen molar-refractivity contribution < 1.29 is 4.79 Å². The number of nitrogens with one attached hydrogen (secondary N) is 1. The summed E-state index contributed by atoms with van der Waals surface area (Å²) in [6, 6.07) is 7.14. The molecule has 0 unspecified atom stereocenters. The van der Waals surface area contributed by atoms with Crippen molar-refractivity contribution in [2.75, 3.05) is 16.8 Å². The smallest absolute Gasteiger partial charge is 0.234 e. The van der Waals surface area contributed by atoms with Crippen LogP contribution in [0.3, 0.4) is 0 Å². The van der Waals surface area contributed by atoms with Crippen molar-refractivity contribution in [3.8, 4) is 0 Å². The third-order valence-corrected chi connectivity index (χ3v) is 4.93. The number of benzene rings is 1. The van der Waals surface area contributed by atoms with Crippen LogP contribution < -0.4 is 11.1 Å². The van der Waals surface area contributed by atoms with E-state index in [1.807, 2.05) is 19.1 Å². The maximum absolute atomic E-state index is 11.8. The number of nitrogens with two attached hydrogens (primary N) is 1. The SMILES string of the molecule is Cc1nc(N)sc1SCC(=O)Nc1ccccc1Cl. The van der Waals surface area contributed by atoms with E-state index < -0.39 is 0 Å². The topological polar surface area (TPSA) is 68.0 Å². The summed E-state index contributed by atoms with van der Waals surface area (Å²) in [4.78, 5) is 15.9. The number of hydrogen-bond donors (Lipinski definition) is 2. The Morgan fingerprint density at radius 2 is 2.26 bits per heavy atom. The van der Waals surface area contributed by atoms with Crippen LogP contribution in [0.15, 0.2) is 28.5 Å². The molecule has 0 saturated carbocycles. The number of anilines is 2. The highest BCUT2D eigenvalue weighted by Crippen LogP contribution is 2.30. The average molecular weight is 314 g/mol. The Labute approximate surface area is 124 Å². The Hall–Kier alpha value is -1.24.